The summed E-state index contributed by atoms with van der Waals surface area (Å²) in [5, 5.41) is 0. The summed E-state index contributed by atoms with van der Waals surface area (Å²) in [5.74, 6) is 0. The second-order valence-corrected chi connectivity index (χ2v) is 25.9. The lowest BCUT2D eigenvalue weighted by Crippen LogP contribution is -2.61. The molecule has 14 rings (SSSR count). The second kappa shape index (κ2) is 18.0. The van der Waals surface area contributed by atoms with Gasteiger partial charge in [0.1, 0.15) is 0 Å². The van der Waals surface area contributed by atoms with Crippen LogP contribution in [0.2, 0.25) is 0 Å². The van der Waals surface area contributed by atoms with Gasteiger partial charge in [-0.3, -0.25) is 0 Å². The van der Waals surface area contributed by atoms with Crippen molar-refractivity contribution in [2.24, 2.45) is 0 Å². The SMILES string of the molecule is CC(C)(C)c1ccc(N2c3cc4c(cc3B3c5cc(-c6ccccc6)ccc5N(c5ccc(-c6ccccc6)cc5)c5cc(N6c7ccc(C(C)(C)C)cc7C7(C)CCCCCC67C)cc2c53)CCC4)c(-c2ccccc2)c1. The van der Waals surface area contributed by atoms with Crippen molar-refractivity contribution in [3.05, 3.63) is 222 Å². The lowest BCUT2D eigenvalue weighted by atomic mass is 9.33. The van der Waals surface area contributed by atoms with Gasteiger partial charge in [-0.2, -0.15) is 0 Å². The number of hydrogen-bond donors (Lipinski definition) is 0. The standard InChI is InChI=1S/C74H72BN3/c1-71(2,3)56-33-38-64(60(45-56)52-26-17-11-18-27-52)77-67-44-54-29-21-28-53(54)42-63(67)75-62-43-55(50-24-15-10-16-25-50)32-37-66(62)76(58-35-30-51(31-36-58)49-22-13-9-14-23-49)68-47-59(48-69(77)70(68)75)78-65-39-34-57(72(4,5)6)46-61(65)73(7)40-19-12-20-41-74(73,78)8/h9-11,13-18,22-27,30-39,42-48H,12,19-21,28-29,40-41H2,1-8H3. The van der Waals surface area contributed by atoms with Gasteiger partial charge < -0.3 is 14.7 Å². The number of hydrogen-bond acceptors (Lipinski definition) is 3. The molecule has 9 aromatic rings. The largest absolute Gasteiger partial charge is 0.334 e. The number of rotatable bonds is 6. The van der Waals surface area contributed by atoms with Gasteiger partial charge in [0.2, 0.25) is 0 Å². The molecule has 2 atom stereocenters. The molecule has 0 aromatic heterocycles. The quantitative estimate of drug-likeness (QED) is 0.154. The Hall–Kier alpha value is -7.56. The van der Waals surface area contributed by atoms with Crippen molar-refractivity contribution in [2.75, 3.05) is 14.7 Å². The van der Waals surface area contributed by atoms with E-state index in [0.29, 0.717) is 0 Å². The molecule has 2 aliphatic carbocycles. The molecule has 0 radical (unpaired) electrons. The Morgan fingerprint density at radius 2 is 0.936 bits per heavy atom. The summed E-state index contributed by atoms with van der Waals surface area (Å²) in [7, 11) is 0. The third kappa shape index (κ3) is 7.60. The minimum absolute atomic E-state index is 0.0207. The molecule has 9 aromatic carbocycles. The molecule has 2 unspecified atom stereocenters. The maximum atomic E-state index is 2.85. The fourth-order valence-corrected chi connectivity index (χ4v) is 14.8. The monoisotopic (exact) mass is 1010 g/mol. The van der Waals surface area contributed by atoms with Crippen LogP contribution in [0.25, 0.3) is 33.4 Å². The zero-order valence-corrected chi connectivity index (χ0v) is 47.1. The Kier molecular flexibility index (Phi) is 11.3. The molecule has 1 saturated carbocycles. The number of aryl methyl sites for hydroxylation is 2. The molecular formula is C74H72BN3. The van der Waals surface area contributed by atoms with Crippen LogP contribution in [0.3, 0.4) is 0 Å². The zero-order chi connectivity index (χ0) is 53.3. The Morgan fingerprint density at radius 1 is 0.397 bits per heavy atom. The number of nitrogens with zero attached hydrogens (tertiary/aromatic N) is 3. The van der Waals surface area contributed by atoms with Gasteiger partial charge in [-0.15, -0.1) is 0 Å². The summed E-state index contributed by atoms with van der Waals surface area (Å²) in [6, 6.07) is 75.4. The third-order valence-electron chi connectivity index (χ3n) is 19.3. The maximum absolute atomic E-state index is 2.85. The Labute approximate surface area is 464 Å². The smallest absolute Gasteiger partial charge is 0.252 e. The predicted octanol–water partition coefficient (Wildman–Crippen LogP) is 18.0. The van der Waals surface area contributed by atoms with Crippen LogP contribution in [0.5, 0.6) is 0 Å². The first-order valence-corrected chi connectivity index (χ1v) is 29.1. The fraction of sp³-hybridized carbons (Fsp3) is 0.270. The molecule has 0 N–H and O–H groups in total. The minimum atomic E-state index is -0.177. The van der Waals surface area contributed by atoms with Crippen molar-refractivity contribution in [2.45, 2.75) is 129 Å². The van der Waals surface area contributed by atoms with Gasteiger partial charge in [-0.1, -0.05) is 207 Å². The van der Waals surface area contributed by atoms with E-state index in [1.807, 2.05) is 0 Å². The van der Waals surface area contributed by atoms with Crippen LogP contribution in [0.1, 0.15) is 122 Å². The summed E-state index contributed by atoms with van der Waals surface area (Å²) in [4.78, 5) is 8.23. The van der Waals surface area contributed by atoms with Crippen LogP contribution in [0, 0.1) is 0 Å². The van der Waals surface area contributed by atoms with Crippen molar-refractivity contribution in [1.29, 1.82) is 0 Å². The summed E-state index contributed by atoms with van der Waals surface area (Å²) >= 11 is 0. The van der Waals surface area contributed by atoms with E-state index in [2.05, 4.69) is 264 Å². The van der Waals surface area contributed by atoms with Gasteiger partial charge in [0.25, 0.3) is 6.71 Å². The molecule has 0 saturated heterocycles. The summed E-state index contributed by atoms with van der Waals surface area (Å²) in [6.45, 7) is 19.4. The molecule has 5 aliphatic rings. The average Bonchev–Trinajstić information content (AvgIpc) is 3.18. The third-order valence-corrected chi connectivity index (χ3v) is 19.3. The van der Waals surface area contributed by atoms with E-state index in [1.165, 1.54) is 150 Å². The van der Waals surface area contributed by atoms with Crippen LogP contribution in [0.4, 0.5) is 45.5 Å². The summed E-state index contributed by atoms with van der Waals surface area (Å²) < 4.78 is 0. The topological polar surface area (TPSA) is 9.72 Å². The van der Waals surface area contributed by atoms with Crippen LogP contribution in [0.15, 0.2) is 194 Å². The van der Waals surface area contributed by atoms with Crippen LogP contribution in [-0.2, 0) is 29.1 Å². The highest BCUT2D eigenvalue weighted by Gasteiger charge is 2.57. The Morgan fingerprint density at radius 3 is 1.60 bits per heavy atom. The van der Waals surface area contributed by atoms with E-state index in [9.17, 15) is 0 Å². The van der Waals surface area contributed by atoms with E-state index in [1.54, 1.807) is 0 Å². The molecule has 386 valence electrons. The van der Waals surface area contributed by atoms with Crippen molar-refractivity contribution < 1.29 is 0 Å². The first kappa shape index (κ1) is 48.8. The van der Waals surface area contributed by atoms with Gasteiger partial charge in [0, 0.05) is 50.8 Å². The molecule has 3 heterocycles. The second-order valence-electron chi connectivity index (χ2n) is 25.9. The molecule has 4 heteroatoms. The maximum Gasteiger partial charge on any atom is 0.252 e. The fourth-order valence-electron chi connectivity index (χ4n) is 14.8. The number of anilines is 8. The summed E-state index contributed by atoms with van der Waals surface area (Å²) in [5.41, 5.74) is 28.6. The van der Waals surface area contributed by atoms with Gasteiger partial charge >= 0.3 is 0 Å². The normalized spacial score (nSPS) is 19.1. The van der Waals surface area contributed by atoms with E-state index < -0.39 is 0 Å². The number of benzene rings is 9. The van der Waals surface area contributed by atoms with Crippen LogP contribution in [-0.4, -0.2) is 12.3 Å². The molecule has 0 bridgehead atoms. The molecule has 3 nitrogen and oxygen atoms in total. The molecule has 1 fully saturated rings. The molecular weight excluding hydrogens is 942 g/mol. The Bertz CT molecular complexity index is 3810. The highest BCUT2D eigenvalue weighted by atomic mass is 15.3. The summed E-state index contributed by atoms with van der Waals surface area (Å²) in [6.07, 6.45) is 9.42. The van der Waals surface area contributed by atoms with E-state index in [-0.39, 0.29) is 28.5 Å². The minimum Gasteiger partial charge on any atom is -0.334 e. The molecule has 0 amide bonds. The highest BCUT2D eigenvalue weighted by molar-refractivity contribution is 7.00. The molecule has 3 aliphatic heterocycles. The van der Waals surface area contributed by atoms with Crippen molar-refractivity contribution >= 4 is 68.6 Å². The van der Waals surface area contributed by atoms with Gasteiger partial charge in [-0.25, -0.2) is 0 Å². The highest BCUT2D eigenvalue weighted by Crippen LogP contribution is 2.62. The predicted molar refractivity (Wildman–Crippen MR) is 334 cm³/mol. The molecule has 78 heavy (non-hydrogen) atoms. The van der Waals surface area contributed by atoms with Crippen LogP contribution < -0.4 is 31.1 Å². The van der Waals surface area contributed by atoms with E-state index >= 15 is 0 Å². The van der Waals surface area contributed by atoms with Gasteiger partial charge in [-0.05, 0) is 176 Å². The van der Waals surface area contributed by atoms with Crippen molar-refractivity contribution in [3.63, 3.8) is 0 Å². The Balaban J connectivity index is 1.11. The van der Waals surface area contributed by atoms with E-state index in [4.69, 9.17) is 0 Å². The lowest BCUT2D eigenvalue weighted by Gasteiger charge is -2.49. The molecule has 0 spiro atoms. The van der Waals surface area contributed by atoms with Crippen molar-refractivity contribution in [1.82, 2.24) is 0 Å². The van der Waals surface area contributed by atoms with E-state index in [0.717, 1.165) is 24.9 Å². The van der Waals surface area contributed by atoms with Gasteiger partial charge in [0.05, 0.1) is 11.2 Å². The first-order chi connectivity index (χ1) is 37.7. The zero-order valence-electron chi connectivity index (χ0n) is 47.1. The first-order valence-electron chi connectivity index (χ1n) is 29.1. The number of fused-ring (bicyclic) bond motifs is 8. The van der Waals surface area contributed by atoms with Gasteiger partial charge in [0.15, 0.2) is 0 Å². The lowest BCUT2D eigenvalue weighted by molar-refractivity contribution is 0.261. The van der Waals surface area contributed by atoms with Crippen molar-refractivity contribution in [3.8, 4) is 33.4 Å². The average molecular weight is 1010 g/mol. The van der Waals surface area contributed by atoms with Crippen LogP contribution >= 0.6 is 0 Å².